The minimum atomic E-state index is -0.00734. The molecule has 1 fully saturated rings. The van der Waals surface area contributed by atoms with Crippen LogP contribution in [0, 0.1) is 0 Å². The molecule has 152 valence electrons. The minimum Gasteiger partial charge on any atom is -0.341 e. The van der Waals surface area contributed by atoms with Crippen LogP contribution in [-0.4, -0.2) is 39.5 Å². The van der Waals surface area contributed by atoms with E-state index in [1.807, 2.05) is 61.0 Å². The highest BCUT2D eigenvalue weighted by Crippen LogP contribution is 2.33. The van der Waals surface area contributed by atoms with Crippen molar-refractivity contribution in [2.24, 2.45) is 0 Å². The molecule has 0 saturated carbocycles. The van der Waals surface area contributed by atoms with E-state index in [1.54, 1.807) is 21.1 Å². The fourth-order valence-electron chi connectivity index (χ4n) is 3.05. The Kier molecular flexibility index (Phi) is 8.03. The Morgan fingerprint density at radius 1 is 1.14 bits per heavy atom. The normalized spacial score (nSPS) is 15.3. The van der Waals surface area contributed by atoms with Crippen LogP contribution in [0.15, 0.2) is 52.7 Å². The standard InChI is InChI=1S/C22H24N2O2S3/c1-23(16-17-9-4-2-5-10-17)20(25)12-6-3-7-13-24-21(26)19(29-22(24)27)15-18-11-8-14-28-18/h2,4-5,8-11,14-15H,3,6-7,12-13,16H2,1H3. The highest BCUT2D eigenvalue weighted by Gasteiger charge is 2.31. The van der Waals surface area contributed by atoms with Gasteiger partial charge in [0.15, 0.2) is 0 Å². The molecule has 29 heavy (non-hydrogen) atoms. The summed E-state index contributed by atoms with van der Waals surface area (Å²) in [5.41, 5.74) is 1.13. The predicted octanol–water partition coefficient (Wildman–Crippen LogP) is 5.17. The molecule has 1 saturated heterocycles. The summed E-state index contributed by atoms with van der Waals surface area (Å²) in [4.78, 5) is 30.1. The van der Waals surface area contributed by atoms with Crippen LogP contribution >= 0.6 is 35.3 Å². The summed E-state index contributed by atoms with van der Waals surface area (Å²) in [5, 5.41) is 1.99. The second kappa shape index (κ2) is 10.7. The number of carbonyl (C=O) groups excluding carboxylic acids is 2. The molecular formula is C22H24N2O2S3. The quantitative estimate of drug-likeness (QED) is 0.304. The van der Waals surface area contributed by atoms with Crippen molar-refractivity contribution in [1.29, 1.82) is 0 Å². The van der Waals surface area contributed by atoms with E-state index in [0.29, 0.717) is 28.7 Å². The van der Waals surface area contributed by atoms with E-state index in [1.165, 1.54) is 11.8 Å². The maximum absolute atomic E-state index is 12.6. The summed E-state index contributed by atoms with van der Waals surface area (Å²) in [7, 11) is 1.84. The molecule has 0 atom stereocenters. The van der Waals surface area contributed by atoms with Gasteiger partial charge in [-0.2, -0.15) is 0 Å². The zero-order valence-corrected chi connectivity index (χ0v) is 18.8. The lowest BCUT2D eigenvalue weighted by atomic mass is 10.1. The molecule has 0 aliphatic carbocycles. The van der Waals surface area contributed by atoms with Crippen molar-refractivity contribution in [2.75, 3.05) is 13.6 Å². The monoisotopic (exact) mass is 444 g/mol. The first-order valence-electron chi connectivity index (χ1n) is 9.61. The molecule has 1 aromatic heterocycles. The Labute approximate surface area is 185 Å². The molecule has 7 heteroatoms. The van der Waals surface area contributed by atoms with E-state index in [0.717, 1.165) is 29.7 Å². The number of benzene rings is 1. The summed E-state index contributed by atoms with van der Waals surface area (Å²) in [5.74, 6) is 0.144. The number of hydrogen-bond acceptors (Lipinski definition) is 5. The van der Waals surface area contributed by atoms with Gasteiger partial charge in [0.25, 0.3) is 5.91 Å². The van der Waals surface area contributed by atoms with Crippen molar-refractivity contribution < 1.29 is 9.59 Å². The molecule has 0 radical (unpaired) electrons. The highest BCUT2D eigenvalue weighted by molar-refractivity contribution is 8.26. The summed E-state index contributed by atoms with van der Waals surface area (Å²) < 4.78 is 0.622. The fraction of sp³-hybridized carbons (Fsp3) is 0.318. The summed E-state index contributed by atoms with van der Waals surface area (Å²) in [6, 6.07) is 14.0. The van der Waals surface area contributed by atoms with Crippen LogP contribution in [0.4, 0.5) is 0 Å². The Hall–Kier alpha value is -1.96. The van der Waals surface area contributed by atoms with E-state index in [4.69, 9.17) is 12.2 Å². The molecule has 1 aliphatic rings. The first-order valence-corrected chi connectivity index (χ1v) is 11.7. The first kappa shape index (κ1) is 21.7. The number of nitrogens with zero attached hydrogens (tertiary/aromatic N) is 2. The predicted molar refractivity (Wildman–Crippen MR) is 126 cm³/mol. The highest BCUT2D eigenvalue weighted by atomic mass is 32.2. The summed E-state index contributed by atoms with van der Waals surface area (Å²) in [6.45, 7) is 1.24. The second-order valence-electron chi connectivity index (χ2n) is 6.89. The Morgan fingerprint density at radius 2 is 1.93 bits per heavy atom. The molecular weight excluding hydrogens is 420 g/mol. The number of hydrogen-bond donors (Lipinski definition) is 0. The van der Waals surface area contributed by atoms with Crippen LogP contribution in [-0.2, 0) is 16.1 Å². The number of rotatable bonds is 9. The van der Waals surface area contributed by atoms with Crippen molar-refractivity contribution in [3.63, 3.8) is 0 Å². The Balaban J connectivity index is 1.37. The smallest absolute Gasteiger partial charge is 0.266 e. The van der Waals surface area contributed by atoms with Gasteiger partial charge in [0.05, 0.1) is 4.91 Å². The van der Waals surface area contributed by atoms with E-state index in [2.05, 4.69) is 0 Å². The first-order chi connectivity index (χ1) is 14.0. The number of unbranched alkanes of at least 4 members (excludes halogenated alkanes) is 2. The number of thioether (sulfide) groups is 1. The average molecular weight is 445 g/mol. The SMILES string of the molecule is CN(Cc1ccccc1)C(=O)CCCCCN1C(=O)C(=Cc2cccs2)SC1=S. The molecule has 2 amide bonds. The zero-order chi connectivity index (χ0) is 20.6. The number of amides is 2. The van der Waals surface area contributed by atoms with Crippen molar-refractivity contribution >= 4 is 57.5 Å². The van der Waals surface area contributed by atoms with E-state index >= 15 is 0 Å². The third-order valence-corrected chi connectivity index (χ3v) is 6.85. The molecule has 3 rings (SSSR count). The molecule has 0 unspecified atom stereocenters. The lowest BCUT2D eigenvalue weighted by molar-refractivity contribution is -0.130. The van der Waals surface area contributed by atoms with Gasteiger partial charge in [0.1, 0.15) is 4.32 Å². The number of thiocarbonyl (C=S) groups is 1. The van der Waals surface area contributed by atoms with Crippen LogP contribution in [0.3, 0.4) is 0 Å². The van der Waals surface area contributed by atoms with Crippen LogP contribution in [0.2, 0.25) is 0 Å². The lowest BCUT2D eigenvalue weighted by Crippen LogP contribution is -2.29. The van der Waals surface area contributed by atoms with Crippen molar-refractivity contribution in [3.05, 3.63) is 63.2 Å². The fourth-order valence-corrected chi connectivity index (χ4v) is 5.09. The van der Waals surface area contributed by atoms with Crippen LogP contribution in [0.5, 0.6) is 0 Å². The van der Waals surface area contributed by atoms with Crippen LogP contribution in [0.25, 0.3) is 6.08 Å². The zero-order valence-electron chi connectivity index (χ0n) is 16.4. The topological polar surface area (TPSA) is 40.6 Å². The van der Waals surface area contributed by atoms with Gasteiger partial charge in [-0.15, -0.1) is 11.3 Å². The van der Waals surface area contributed by atoms with Gasteiger partial charge in [0.2, 0.25) is 5.91 Å². The molecule has 4 nitrogen and oxygen atoms in total. The van der Waals surface area contributed by atoms with Crippen molar-refractivity contribution in [1.82, 2.24) is 9.80 Å². The largest absolute Gasteiger partial charge is 0.341 e. The van der Waals surface area contributed by atoms with E-state index in [-0.39, 0.29) is 11.8 Å². The molecule has 0 N–H and O–H groups in total. The van der Waals surface area contributed by atoms with Gasteiger partial charge in [-0.3, -0.25) is 14.5 Å². The third kappa shape index (κ3) is 6.26. The van der Waals surface area contributed by atoms with E-state index in [9.17, 15) is 9.59 Å². The van der Waals surface area contributed by atoms with Crippen molar-refractivity contribution in [3.8, 4) is 0 Å². The molecule has 2 heterocycles. The van der Waals surface area contributed by atoms with Gasteiger partial charge in [-0.1, -0.05) is 66.8 Å². The van der Waals surface area contributed by atoms with Crippen LogP contribution in [0.1, 0.15) is 36.1 Å². The van der Waals surface area contributed by atoms with E-state index < -0.39 is 0 Å². The lowest BCUT2D eigenvalue weighted by Gasteiger charge is -2.17. The van der Waals surface area contributed by atoms with Gasteiger partial charge in [-0.25, -0.2) is 0 Å². The maximum Gasteiger partial charge on any atom is 0.266 e. The molecule has 0 spiro atoms. The summed E-state index contributed by atoms with van der Waals surface area (Å²) >= 11 is 8.35. The molecule has 1 aromatic carbocycles. The number of thiophene rings is 1. The maximum atomic E-state index is 12.6. The Morgan fingerprint density at radius 3 is 2.66 bits per heavy atom. The van der Waals surface area contributed by atoms with Gasteiger partial charge in [-0.05, 0) is 35.9 Å². The molecule has 2 aromatic rings. The Bertz CT molecular complexity index is 879. The average Bonchev–Trinajstić information content (AvgIpc) is 3.31. The summed E-state index contributed by atoms with van der Waals surface area (Å²) in [6.07, 6.45) is 4.99. The molecule has 0 bridgehead atoms. The minimum absolute atomic E-state index is 0.00734. The van der Waals surface area contributed by atoms with Crippen LogP contribution < -0.4 is 0 Å². The van der Waals surface area contributed by atoms with Gasteiger partial charge < -0.3 is 4.90 Å². The molecule has 1 aliphatic heterocycles. The third-order valence-electron chi connectivity index (χ3n) is 4.65. The second-order valence-corrected chi connectivity index (χ2v) is 9.55. The van der Waals surface area contributed by atoms with Gasteiger partial charge in [0, 0.05) is 31.4 Å². The van der Waals surface area contributed by atoms with Crippen molar-refractivity contribution in [2.45, 2.75) is 32.2 Å². The van der Waals surface area contributed by atoms with Gasteiger partial charge >= 0.3 is 0 Å². The number of carbonyl (C=O) groups is 2.